The molecule has 1 fully saturated rings. The van der Waals surface area contributed by atoms with Crippen molar-refractivity contribution in [2.24, 2.45) is 10.4 Å². The van der Waals surface area contributed by atoms with Crippen LogP contribution in [0.25, 0.3) is 0 Å². The Kier molecular flexibility index (Phi) is 4.70. The Balaban J connectivity index is 1.70. The van der Waals surface area contributed by atoms with E-state index in [0.717, 1.165) is 23.5 Å². The molecule has 1 saturated carbocycles. The van der Waals surface area contributed by atoms with Gasteiger partial charge >= 0.3 is 0 Å². The Labute approximate surface area is 158 Å². The number of pyridine rings is 1. The van der Waals surface area contributed by atoms with Crippen molar-refractivity contribution < 1.29 is 0 Å². The highest BCUT2D eigenvalue weighted by Crippen LogP contribution is 2.46. The van der Waals surface area contributed by atoms with E-state index in [9.17, 15) is 0 Å². The van der Waals surface area contributed by atoms with Crippen LogP contribution in [0, 0.1) is 5.41 Å². The lowest BCUT2D eigenvalue weighted by Gasteiger charge is -2.42. The van der Waals surface area contributed by atoms with Crippen molar-refractivity contribution in [1.29, 1.82) is 0 Å². The van der Waals surface area contributed by atoms with E-state index in [1.165, 1.54) is 37.7 Å². The van der Waals surface area contributed by atoms with E-state index in [-0.39, 0.29) is 5.41 Å². The molecule has 4 rings (SSSR count). The number of rotatable bonds is 2. The molecular formula is C20H21Cl2N3. The van der Waals surface area contributed by atoms with Gasteiger partial charge in [-0.1, -0.05) is 48.5 Å². The van der Waals surface area contributed by atoms with E-state index in [0.29, 0.717) is 16.6 Å². The van der Waals surface area contributed by atoms with Crippen molar-refractivity contribution >= 4 is 34.7 Å². The summed E-state index contributed by atoms with van der Waals surface area (Å²) in [6.45, 7) is 0.647. The molecule has 0 saturated heterocycles. The predicted octanol–water partition coefficient (Wildman–Crippen LogP) is 5.91. The Morgan fingerprint density at radius 2 is 1.92 bits per heavy atom. The third kappa shape index (κ3) is 3.40. The van der Waals surface area contributed by atoms with E-state index >= 15 is 0 Å². The molecule has 2 heterocycles. The van der Waals surface area contributed by atoms with Gasteiger partial charge in [0, 0.05) is 23.5 Å². The van der Waals surface area contributed by atoms with E-state index in [2.05, 4.69) is 16.4 Å². The van der Waals surface area contributed by atoms with Gasteiger partial charge in [-0.15, -0.1) is 0 Å². The van der Waals surface area contributed by atoms with Gasteiger partial charge in [0.2, 0.25) is 0 Å². The molecular weight excluding hydrogens is 353 g/mol. The Morgan fingerprint density at radius 3 is 2.68 bits per heavy atom. The monoisotopic (exact) mass is 373 g/mol. The van der Waals surface area contributed by atoms with Gasteiger partial charge in [0.1, 0.15) is 5.84 Å². The molecule has 130 valence electrons. The molecule has 1 N–H and O–H groups in total. The van der Waals surface area contributed by atoms with Crippen molar-refractivity contribution in [2.45, 2.75) is 45.1 Å². The van der Waals surface area contributed by atoms with Crippen molar-refractivity contribution in [3.05, 3.63) is 57.8 Å². The first kappa shape index (κ1) is 16.9. The number of hydrogen-bond donors (Lipinski definition) is 1. The van der Waals surface area contributed by atoms with Gasteiger partial charge in [0.05, 0.1) is 16.6 Å². The zero-order valence-corrected chi connectivity index (χ0v) is 15.6. The van der Waals surface area contributed by atoms with Crippen LogP contribution in [0.15, 0.2) is 41.7 Å². The maximum absolute atomic E-state index is 6.25. The molecule has 1 spiro atoms. The molecule has 1 aliphatic heterocycles. The Hall–Kier alpha value is -1.58. The third-order valence-electron chi connectivity index (χ3n) is 5.38. The second-order valence-electron chi connectivity index (χ2n) is 7.09. The summed E-state index contributed by atoms with van der Waals surface area (Å²) in [5.74, 6) is 1.10. The van der Waals surface area contributed by atoms with Crippen LogP contribution in [0.2, 0.25) is 10.0 Å². The second kappa shape index (κ2) is 6.97. The molecule has 0 bridgehead atoms. The van der Waals surface area contributed by atoms with Crippen LogP contribution in [-0.2, 0) is 13.0 Å². The minimum Gasteiger partial charge on any atom is -0.343 e. The molecule has 0 unspecified atom stereocenters. The summed E-state index contributed by atoms with van der Waals surface area (Å²) in [6, 6.07) is 7.96. The number of aliphatic imine (C=N–C) groups is 1. The summed E-state index contributed by atoms with van der Waals surface area (Å²) in [6.07, 6.45) is 10.8. The zero-order chi connectivity index (χ0) is 17.3. The van der Waals surface area contributed by atoms with Gasteiger partial charge in [-0.05, 0) is 48.6 Å². The fraction of sp³-hybridized carbons (Fsp3) is 0.400. The molecule has 1 aliphatic carbocycles. The largest absolute Gasteiger partial charge is 0.343 e. The van der Waals surface area contributed by atoms with Crippen LogP contribution in [0.5, 0.6) is 0 Å². The summed E-state index contributed by atoms with van der Waals surface area (Å²) in [4.78, 5) is 9.16. The predicted molar refractivity (Wildman–Crippen MR) is 105 cm³/mol. The summed E-state index contributed by atoms with van der Waals surface area (Å²) in [5, 5.41) is 4.79. The summed E-state index contributed by atoms with van der Waals surface area (Å²) in [5.41, 5.74) is 3.51. The normalized spacial score (nSPS) is 20.3. The topological polar surface area (TPSA) is 37.3 Å². The number of aromatic nitrogens is 1. The fourth-order valence-electron chi connectivity index (χ4n) is 4.07. The number of nitrogens with one attached hydrogen (secondary N) is 1. The maximum Gasteiger partial charge on any atom is 0.108 e. The summed E-state index contributed by atoms with van der Waals surface area (Å²) >= 11 is 12.5. The van der Waals surface area contributed by atoms with Gasteiger partial charge < -0.3 is 5.32 Å². The molecule has 0 atom stereocenters. The van der Waals surface area contributed by atoms with Crippen LogP contribution in [0.1, 0.15) is 43.2 Å². The average molecular weight is 374 g/mol. The van der Waals surface area contributed by atoms with Crippen molar-refractivity contribution in [2.75, 3.05) is 5.32 Å². The highest BCUT2D eigenvalue weighted by molar-refractivity contribution is 6.42. The first-order valence-corrected chi connectivity index (χ1v) is 9.61. The minimum atomic E-state index is 0.102. The molecule has 2 aromatic rings. The molecule has 25 heavy (non-hydrogen) atoms. The molecule has 0 amide bonds. The quantitative estimate of drug-likeness (QED) is 0.710. The van der Waals surface area contributed by atoms with Crippen LogP contribution in [-0.4, -0.2) is 10.8 Å². The smallest absolute Gasteiger partial charge is 0.108 e. The van der Waals surface area contributed by atoms with Crippen molar-refractivity contribution in [3.63, 3.8) is 0 Å². The van der Waals surface area contributed by atoms with E-state index < -0.39 is 0 Å². The van der Waals surface area contributed by atoms with Gasteiger partial charge in [0.15, 0.2) is 0 Å². The van der Waals surface area contributed by atoms with Gasteiger partial charge in [-0.2, -0.15) is 0 Å². The molecule has 1 aromatic carbocycles. The first-order valence-electron chi connectivity index (χ1n) is 8.85. The molecule has 0 radical (unpaired) electrons. The summed E-state index contributed by atoms with van der Waals surface area (Å²) < 4.78 is 0. The number of anilines is 1. The molecule has 1 aromatic heterocycles. The summed E-state index contributed by atoms with van der Waals surface area (Å²) in [7, 11) is 0. The number of halogens is 2. The zero-order valence-electron chi connectivity index (χ0n) is 14.1. The average Bonchev–Trinajstić information content (AvgIpc) is 2.63. The van der Waals surface area contributed by atoms with Gasteiger partial charge in [0.25, 0.3) is 0 Å². The van der Waals surface area contributed by atoms with Crippen LogP contribution in [0.3, 0.4) is 0 Å². The fourth-order valence-corrected chi connectivity index (χ4v) is 4.42. The van der Waals surface area contributed by atoms with E-state index in [4.69, 9.17) is 28.2 Å². The Bertz CT molecular complexity index is 796. The number of hydrogen-bond acceptors (Lipinski definition) is 2. The first-order chi connectivity index (χ1) is 12.2. The van der Waals surface area contributed by atoms with Crippen LogP contribution >= 0.6 is 23.2 Å². The lowest BCUT2D eigenvalue weighted by atomic mass is 9.67. The van der Waals surface area contributed by atoms with Gasteiger partial charge in [-0.3, -0.25) is 9.98 Å². The second-order valence-corrected chi connectivity index (χ2v) is 7.91. The maximum atomic E-state index is 6.25. The highest BCUT2D eigenvalue weighted by atomic mass is 35.5. The van der Waals surface area contributed by atoms with E-state index in [1.54, 1.807) is 6.20 Å². The minimum absolute atomic E-state index is 0.102. The van der Waals surface area contributed by atoms with E-state index in [1.807, 2.05) is 24.4 Å². The number of fused-ring (bicyclic) bond motifs is 1. The molecule has 2 aliphatic rings. The standard InChI is InChI=1S/C20H21Cl2N3/c21-16-9-15-11-20(6-2-1-3-7-20)19(25-18(15)10-17(16)22)24-13-14-5-4-8-23-12-14/h4-5,8-10,12H,1-3,6-7,11,13H2,(H,24,25). The number of benzene rings is 1. The SMILES string of the molecule is Clc1cc2c(cc1Cl)NC(=NCc1cccnc1)C1(CCCCC1)C2. The lowest BCUT2D eigenvalue weighted by molar-refractivity contribution is 0.278. The molecule has 5 heteroatoms. The van der Waals surface area contributed by atoms with Crippen LogP contribution in [0.4, 0.5) is 5.69 Å². The third-order valence-corrected chi connectivity index (χ3v) is 6.11. The Morgan fingerprint density at radius 1 is 1.12 bits per heavy atom. The lowest BCUT2D eigenvalue weighted by Crippen LogP contribution is -2.43. The van der Waals surface area contributed by atoms with Crippen molar-refractivity contribution in [1.82, 2.24) is 4.98 Å². The van der Waals surface area contributed by atoms with Gasteiger partial charge in [-0.25, -0.2) is 0 Å². The highest BCUT2D eigenvalue weighted by Gasteiger charge is 2.41. The number of nitrogens with zero attached hydrogens (tertiary/aromatic N) is 2. The van der Waals surface area contributed by atoms with Crippen molar-refractivity contribution in [3.8, 4) is 0 Å². The number of amidine groups is 1. The van der Waals surface area contributed by atoms with Crippen LogP contribution < -0.4 is 5.32 Å². The molecule has 3 nitrogen and oxygen atoms in total.